The molecule has 24 heavy (non-hydrogen) atoms. The van der Waals surface area contributed by atoms with Crippen molar-refractivity contribution in [3.05, 3.63) is 27.7 Å². The van der Waals surface area contributed by atoms with Crippen molar-refractivity contribution in [3.63, 3.8) is 0 Å². The first kappa shape index (κ1) is 18.6. The lowest BCUT2D eigenvalue weighted by molar-refractivity contribution is 0.0322. The molecule has 2 aliphatic rings. The zero-order valence-electron chi connectivity index (χ0n) is 13.8. The van der Waals surface area contributed by atoms with Gasteiger partial charge < -0.3 is 9.47 Å². The maximum atomic E-state index is 6.58. The maximum Gasteiger partial charge on any atom is 0.138 e. The molecule has 0 atom stereocenters. The van der Waals surface area contributed by atoms with Crippen LogP contribution in [0, 0.1) is 0 Å². The number of morpholine rings is 1. The first-order chi connectivity index (χ1) is 11.7. The summed E-state index contributed by atoms with van der Waals surface area (Å²) >= 11 is 15.0. The molecule has 2 heterocycles. The molecule has 2 saturated heterocycles. The number of benzene rings is 1. The van der Waals surface area contributed by atoms with E-state index in [1.54, 1.807) is 0 Å². The molecule has 2 aliphatic heterocycles. The summed E-state index contributed by atoms with van der Waals surface area (Å²) in [6, 6.07) is 3.77. The molecule has 0 radical (unpaired) electrons. The van der Waals surface area contributed by atoms with Crippen molar-refractivity contribution in [2.45, 2.75) is 6.54 Å². The Bertz CT molecular complexity index is 536. The van der Waals surface area contributed by atoms with E-state index in [0.29, 0.717) is 11.6 Å². The van der Waals surface area contributed by atoms with Crippen molar-refractivity contribution in [1.82, 2.24) is 9.80 Å². The predicted octanol–water partition coefficient (Wildman–Crippen LogP) is 3.25. The van der Waals surface area contributed by atoms with Crippen LogP contribution in [0.15, 0.2) is 12.1 Å². The average Bonchev–Trinajstić information content (AvgIpc) is 2.62. The van der Waals surface area contributed by atoms with Gasteiger partial charge in [-0.2, -0.15) is 11.8 Å². The Kier molecular flexibility index (Phi) is 7.37. The molecule has 1 aromatic rings. The number of hydrogen-bond donors (Lipinski definition) is 0. The van der Waals surface area contributed by atoms with Gasteiger partial charge in [-0.25, -0.2) is 0 Å². The van der Waals surface area contributed by atoms with Gasteiger partial charge in [-0.3, -0.25) is 9.80 Å². The minimum absolute atomic E-state index is 0.626. The van der Waals surface area contributed by atoms with Crippen LogP contribution in [0.1, 0.15) is 5.56 Å². The molecule has 4 nitrogen and oxygen atoms in total. The van der Waals surface area contributed by atoms with Crippen LogP contribution in [-0.2, 0) is 11.3 Å². The van der Waals surface area contributed by atoms with Gasteiger partial charge in [0.2, 0.25) is 0 Å². The molecule has 134 valence electrons. The lowest BCUT2D eigenvalue weighted by Gasteiger charge is -2.28. The number of thioether (sulfide) groups is 1. The Morgan fingerprint density at radius 3 is 2.54 bits per heavy atom. The van der Waals surface area contributed by atoms with Crippen molar-refractivity contribution in [2.24, 2.45) is 0 Å². The smallest absolute Gasteiger partial charge is 0.138 e. The van der Waals surface area contributed by atoms with E-state index in [0.717, 1.165) is 68.8 Å². The largest absolute Gasteiger partial charge is 0.491 e. The van der Waals surface area contributed by atoms with Crippen LogP contribution in [0.25, 0.3) is 0 Å². The summed E-state index contributed by atoms with van der Waals surface area (Å²) < 4.78 is 11.3. The molecule has 0 bridgehead atoms. The van der Waals surface area contributed by atoms with E-state index in [1.165, 1.54) is 11.5 Å². The van der Waals surface area contributed by atoms with E-state index >= 15 is 0 Å². The van der Waals surface area contributed by atoms with Crippen LogP contribution in [0.5, 0.6) is 5.75 Å². The second-order valence-electron chi connectivity index (χ2n) is 6.03. The Balaban J connectivity index is 1.57. The minimum atomic E-state index is 0.626. The van der Waals surface area contributed by atoms with Gasteiger partial charge >= 0.3 is 0 Å². The van der Waals surface area contributed by atoms with Gasteiger partial charge in [0.05, 0.1) is 18.2 Å². The average molecular weight is 391 g/mol. The van der Waals surface area contributed by atoms with Crippen LogP contribution in [0.2, 0.25) is 10.0 Å². The zero-order valence-corrected chi connectivity index (χ0v) is 16.1. The molecule has 3 rings (SSSR count). The highest BCUT2D eigenvalue weighted by Gasteiger charge is 2.18. The van der Waals surface area contributed by atoms with Gasteiger partial charge in [0, 0.05) is 61.4 Å². The molecule has 0 spiro atoms. The fourth-order valence-electron chi connectivity index (χ4n) is 2.92. The van der Waals surface area contributed by atoms with Crippen molar-refractivity contribution >= 4 is 35.0 Å². The van der Waals surface area contributed by atoms with E-state index in [1.807, 2.05) is 23.9 Å². The molecule has 0 aromatic heterocycles. The van der Waals surface area contributed by atoms with Crippen molar-refractivity contribution < 1.29 is 9.47 Å². The van der Waals surface area contributed by atoms with Gasteiger partial charge in [0.25, 0.3) is 0 Å². The monoisotopic (exact) mass is 390 g/mol. The number of halogens is 2. The molecule has 0 saturated carbocycles. The maximum absolute atomic E-state index is 6.58. The van der Waals surface area contributed by atoms with E-state index in [4.69, 9.17) is 32.7 Å². The summed E-state index contributed by atoms with van der Waals surface area (Å²) in [4.78, 5) is 4.75. The van der Waals surface area contributed by atoms with Gasteiger partial charge in [0.1, 0.15) is 12.4 Å². The third-order valence-corrected chi connectivity index (χ3v) is 6.12. The highest BCUT2D eigenvalue weighted by Crippen LogP contribution is 2.34. The Labute approximate surface area is 158 Å². The molecular formula is C17H24Cl2N2O2S. The number of nitrogens with zero attached hydrogens (tertiary/aromatic N) is 2. The van der Waals surface area contributed by atoms with Crippen LogP contribution in [0.3, 0.4) is 0 Å². The Hall–Kier alpha value is -0.170. The molecular weight excluding hydrogens is 367 g/mol. The highest BCUT2D eigenvalue weighted by molar-refractivity contribution is 7.99. The van der Waals surface area contributed by atoms with Gasteiger partial charge in [0.15, 0.2) is 0 Å². The number of hydrogen-bond acceptors (Lipinski definition) is 5. The molecule has 0 N–H and O–H groups in total. The van der Waals surface area contributed by atoms with Crippen molar-refractivity contribution in [3.8, 4) is 5.75 Å². The molecule has 2 fully saturated rings. The molecule has 0 amide bonds. The quantitative estimate of drug-likeness (QED) is 0.742. The third kappa shape index (κ3) is 5.16. The standard InChI is InChI=1S/C17H24Cl2N2O2S/c18-15-1-2-16(23-10-5-20-3-8-22-9-4-20)17(19)14(15)13-21-6-11-24-12-7-21/h1-2H,3-13H2. The summed E-state index contributed by atoms with van der Waals surface area (Å²) in [6.07, 6.45) is 0. The van der Waals surface area contributed by atoms with Gasteiger partial charge in [-0.05, 0) is 12.1 Å². The number of rotatable bonds is 6. The molecule has 7 heteroatoms. The normalized spacial score (nSPS) is 20.2. The van der Waals surface area contributed by atoms with E-state index in [9.17, 15) is 0 Å². The SMILES string of the molecule is Clc1ccc(OCCN2CCOCC2)c(Cl)c1CN1CCSCC1. The number of ether oxygens (including phenoxy) is 2. The molecule has 0 unspecified atom stereocenters. The van der Waals surface area contributed by atoms with Gasteiger partial charge in [-0.1, -0.05) is 23.2 Å². The summed E-state index contributed by atoms with van der Waals surface area (Å²) in [5.41, 5.74) is 0.981. The fourth-order valence-corrected chi connectivity index (χ4v) is 4.45. The second-order valence-corrected chi connectivity index (χ2v) is 8.04. The lowest BCUT2D eigenvalue weighted by Crippen LogP contribution is -2.38. The molecule has 0 aliphatic carbocycles. The van der Waals surface area contributed by atoms with Crippen molar-refractivity contribution in [2.75, 3.05) is 64.1 Å². The van der Waals surface area contributed by atoms with Crippen LogP contribution < -0.4 is 4.74 Å². The summed E-state index contributed by atoms with van der Waals surface area (Å²) in [5.74, 6) is 3.08. The van der Waals surface area contributed by atoms with Crippen LogP contribution >= 0.6 is 35.0 Å². The predicted molar refractivity (Wildman–Crippen MR) is 102 cm³/mol. The van der Waals surface area contributed by atoms with Gasteiger partial charge in [-0.15, -0.1) is 0 Å². The summed E-state index contributed by atoms with van der Waals surface area (Å²) in [6.45, 7) is 8.02. The topological polar surface area (TPSA) is 24.9 Å². The third-order valence-electron chi connectivity index (χ3n) is 4.40. The highest BCUT2D eigenvalue weighted by atomic mass is 35.5. The first-order valence-electron chi connectivity index (χ1n) is 8.44. The van der Waals surface area contributed by atoms with Crippen LogP contribution in [-0.4, -0.2) is 73.8 Å². The lowest BCUT2D eigenvalue weighted by atomic mass is 10.2. The van der Waals surface area contributed by atoms with E-state index in [-0.39, 0.29) is 0 Å². The van der Waals surface area contributed by atoms with Crippen LogP contribution in [0.4, 0.5) is 0 Å². The fraction of sp³-hybridized carbons (Fsp3) is 0.647. The van der Waals surface area contributed by atoms with E-state index < -0.39 is 0 Å². The first-order valence-corrected chi connectivity index (χ1v) is 10.3. The van der Waals surface area contributed by atoms with E-state index in [2.05, 4.69) is 9.80 Å². The summed E-state index contributed by atoms with van der Waals surface area (Å²) in [7, 11) is 0. The summed E-state index contributed by atoms with van der Waals surface area (Å²) in [5, 5.41) is 1.38. The Morgan fingerprint density at radius 2 is 1.79 bits per heavy atom. The Morgan fingerprint density at radius 1 is 1.04 bits per heavy atom. The minimum Gasteiger partial charge on any atom is -0.491 e. The zero-order chi connectivity index (χ0) is 16.8. The molecule has 1 aromatic carbocycles. The second kappa shape index (κ2) is 9.51. The van der Waals surface area contributed by atoms with Crippen molar-refractivity contribution in [1.29, 1.82) is 0 Å².